The number of epoxide rings is 1. The second-order valence-electron chi connectivity index (χ2n) is 5.07. The van der Waals surface area contributed by atoms with Gasteiger partial charge in [0.05, 0.1) is 12.5 Å². The zero-order chi connectivity index (χ0) is 11.4. The summed E-state index contributed by atoms with van der Waals surface area (Å²) in [7, 11) is 0. The van der Waals surface area contributed by atoms with Gasteiger partial charge in [-0.2, -0.15) is 0 Å². The van der Waals surface area contributed by atoms with Gasteiger partial charge in [0.25, 0.3) is 0 Å². The van der Waals surface area contributed by atoms with Crippen LogP contribution >= 0.6 is 0 Å². The van der Waals surface area contributed by atoms with Crippen LogP contribution in [0.5, 0.6) is 0 Å². The van der Waals surface area contributed by atoms with E-state index in [-0.39, 0.29) is 18.0 Å². The fourth-order valence-electron chi connectivity index (χ4n) is 1.59. The van der Waals surface area contributed by atoms with E-state index in [2.05, 4.69) is 27.7 Å². The summed E-state index contributed by atoms with van der Waals surface area (Å²) in [6.07, 6.45) is 1.07. The minimum absolute atomic E-state index is 0.0312. The number of ether oxygens (including phenoxy) is 2. The normalized spacial score (nSPS) is 21.9. The molecular weight excluding hydrogens is 192 g/mol. The topological polar surface area (TPSA) is 38.8 Å². The summed E-state index contributed by atoms with van der Waals surface area (Å²) in [6, 6.07) is 0. The molecule has 3 heteroatoms. The third-order valence-electron chi connectivity index (χ3n) is 2.65. The van der Waals surface area contributed by atoms with Crippen molar-refractivity contribution in [2.45, 2.75) is 40.2 Å². The van der Waals surface area contributed by atoms with E-state index in [1.807, 2.05) is 0 Å². The molecule has 3 nitrogen and oxygen atoms in total. The van der Waals surface area contributed by atoms with E-state index in [4.69, 9.17) is 9.47 Å². The first-order valence-corrected chi connectivity index (χ1v) is 5.79. The lowest BCUT2D eigenvalue weighted by Crippen LogP contribution is -2.25. The third kappa shape index (κ3) is 4.65. The molecule has 0 aromatic rings. The predicted octanol–water partition coefficient (Wildman–Crippen LogP) is 2.25. The van der Waals surface area contributed by atoms with Crippen molar-refractivity contribution in [3.63, 3.8) is 0 Å². The Hall–Kier alpha value is -0.570. The molecule has 0 aromatic carbocycles. The van der Waals surface area contributed by atoms with Crippen LogP contribution in [0.3, 0.4) is 0 Å². The summed E-state index contributed by atoms with van der Waals surface area (Å²) in [5, 5.41) is 0. The molecule has 2 atom stereocenters. The number of carbonyl (C=O) groups is 1. The van der Waals surface area contributed by atoms with Crippen LogP contribution in [0.1, 0.15) is 34.1 Å². The van der Waals surface area contributed by atoms with Crippen molar-refractivity contribution in [1.82, 2.24) is 0 Å². The number of carbonyl (C=O) groups excluding carboxylic acids is 1. The van der Waals surface area contributed by atoms with Gasteiger partial charge in [0, 0.05) is 0 Å². The Morgan fingerprint density at radius 2 is 2.00 bits per heavy atom. The fourth-order valence-corrected chi connectivity index (χ4v) is 1.59. The van der Waals surface area contributed by atoms with Crippen molar-refractivity contribution < 1.29 is 14.3 Å². The Kier molecular flexibility index (Phi) is 4.58. The largest absolute Gasteiger partial charge is 0.463 e. The van der Waals surface area contributed by atoms with Gasteiger partial charge >= 0.3 is 5.97 Å². The van der Waals surface area contributed by atoms with Gasteiger partial charge in [0.2, 0.25) is 0 Å². The van der Waals surface area contributed by atoms with Gasteiger partial charge in [-0.3, -0.25) is 4.79 Å². The van der Waals surface area contributed by atoms with E-state index >= 15 is 0 Å². The molecule has 1 fully saturated rings. The van der Waals surface area contributed by atoms with Crippen molar-refractivity contribution >= 4 is 5.97 Å². The molecule has 0 spiro atoms. The van der Waals surface area contributed by atoms with Crippen LogP contribution in [0.4, 0.5) is 0 Å². The molecule has 1 aliphatic heterocycles. The molecule has 15 heavy (non-hydrogen) atoms. The van der Waals surface area contributed by atoms with Crippen molar-refractivity contribution in [2.75, 3.05) is 13.2 Å². The Bertz CT molecular complexity index is 207. The van der Waals surface area contributed by atoms with Crippen LogP contribution in [-0.4, -0.2) is 25.3 Å². The van der Waals surface area contributed by atoms with Gasteiger partial charge in [-0.1, -0.05) is 27.7 Å². The van der Waals surface area contributed by atoms with E-state index in [0.717, 1.165) is 13.0 Å². The van der Waals surface area contributed by atoms with Crippen molar-refractivity contribution in [2.24, 2.45) is 17.8 Å². The van der Waals surface area contributed by atoms with E-state index in [1.54, 1.807) is 0 Å². The Balaban J connectivity index is 2.34. The van der Waals surface area contributed by atoms with Gasteiger partial charge in [-0.15, -0.1) is 0 Å². The Morgan fingerprint density at radius 3 is 2.40 bits per heavy atom. The lowest BCUT2D eigenvalue weighted by molar-refractivity contribution is -0.151. The standard InChI is InChI=1S/C12H22O3/c1-8(2)5-11(9(3)4)12(13)15-7-10-6-14-10/h8-11H,5-7H2,1-4H3. The summed E-state index contributed by atoms with van der Waals surface area (Å²) < 4.78 is 10.2. The summed E-state index contributed by atoms with van der Waals surface area (Å²) >= 11 is 0. The Morgan fingerprint density at radius 1 is 1.40 bits per heavy atom. The van der Waals surface area contributed by atoms with Crippen LogP contribution < -0.4 is 0 Å². The molecule has 1 saturated heterocycles. The highest BCUT2D eigenvalue weighted by Gasteiger charge is 2.28. The van der Waals surface area contributed by atoms with Crippen LogP contribution in [0.25, 0.3) is 0 Å². The van der Waals surface area contributed by atoms with Gasteiger partial charge in [-0.25, -0.2) is 0 Å². The minimum atomic E-state index is -0.0609. The first kappa shape index (κ1) is 12.5. The highest BCUT2D eigenvalue weighted by atomic mass is 16.6. The van der Waals surface area contributed by atoms with E-state index in [9.17, 15) is 4.79 Å². The molecule has 1 rings (SSSR count). The van der Waals surface area contributed by atoms with Crippen LogP contribution in [0.2, 0.25) is 0 Å². The molecule has 0 bridgehead atoms. The molecule has 88 valence electrons. The highest BCUT2D eigenvalue weighted by molar-refractivity contribution is 5.72. The average Bonchev–Trinajstić information content (AvgIpc) is 2.93. The maximum absolute atomic E-state index is 11.8. The van der Waals surface area contributed by atoms with Crippen molar-refractivity contribution in [3.05, 3.63) is 0 Å². The van der Waals surface area contributed by atoms with Gasteiger partial charge in [-0.05, 0) is 18.3 Å². The number of rotatable bonds is 6. The maximum Gasteiger partial charge on any atom is 0.309 e. The molecule has 0 radical (unpaired) electrons. The van der Waals surface area contributed by atoms with Gasteiger partial charge in [0.15, 0.2) is 0 Å². The SMILES string of the molecule is CC(C)CC(C(=O)OCC1CO1)C(C)C. The molecular formula is C12H22O3. The zero-order valence-electron chi connectivity index (χ0n) is 10.2. The monoisotopic (exact) mass is 214 g/mol. The minimum Gasteiger partial charge on any atom is -0.463 e. The van der Waals surface area contributed by atoms with Crippen molar-refractivity contribution in [1.29, 1.82) is 0 Å². The molecule has 1 aliphatic rings. The van der Waals surface area contributed by atoms with Crippen molar-refractivity contribution in [3.8, 4) is 0 Å². The summed E-state index contributed by atoms with van der Waals surface area (Å²) in [5.41, 5.74) is 0. The quantitative estimate of drug-likeness (QED) is 0.503. The maximum atomic E-state index is 11.8. The molecule has 0 N–H and O–H groups in total. The lowest BCUT2D eigenvalue weighted by atomic mass is 9.88. The van der Waals surface area contributed by atoms with Gasteiger partial charge in [0.1, 0.15) is 12.7 Å². The molecule has 1 heterocycles. The smallest absolute Gasteiger partial charge is 0.309 e. The molecule has 0 aromatic heterocycles. The predicted molar refractivity (Wildman–Crippen MR) is 58.5 cm³/mol. The Labute approximate surface area is 92.1 Å². The fraction of sp³-hybridized carbons (Fsp3) is 0.917. The summed E-state index contributed by atoms with van der Waals surface area (Å²) in [5.74, 6) is 0.847. The van der Waals surface area contributed by atoms with Crippen LogP contribution in [-0.2, 0) is 14.3 Å². The highest BCUT2D eigenvalue weighted by Crippen LogP contribution is 2.22. The third-order valence-corrected chi connectivity index (χ3v) is 2.65. The lowest BCUT2D eigenvalue weighted by Gasteiger charge is -2.20. The number of esters is 1. The second kappa shape index (κ2) is 5.50. The zero-order valence-corrected chi connectivity index (χ0v) is 10.2. The second-order valence-corrected chi connectivity index (χ2v) is 5.07. The number of hydrogen-bond acceptors (Lipinski definition) is 3. The van der Waals surface area contributed by atoms with E-state index in [0.29, 0.717) is 18.4 Å². The van der Waals surface area contributed by atoms with Crippen LogP contribution in [0, 0.1) is 17.8 Å². The van der Waals surface area contributed by atoms with E-state index < -0.39 is 0 Å². The molecule has 0 amide bonds. The first-order chi connectivity index (χ1) is 7.00. The summed E-state index contributed by atoms with van der Waals surface area (Å²) in [6.45, 7) is 9.58. The summed E-state index contributed by atoms with van der Waals surface area (Å²) in [4.78, 5) is 11.8. The number of hydrogen-bond donors (Lipinski definition) is 0. The van der Waals surface area contributed by atoms with E-state index in [1.165, 1.54) is 0 Å². The molecule has 0 aliphatic carbocycles. The molecule has 0 saturated carbocycles. The molecule has 2 unspecified atom stereocenters. The van der Waals surface area contributed by atoms with Crippen LogP contribution in [0.15, 0.2) is 0 Å². The first-order valence-electron chi connectivity index (χ1n) is 5.79. The average molecular weight is 214 g/mol. The van der Waals surface area contributed by atoms with Gasteiger partial charge < -0.3 is 9.47 Å².